The van der Waals surface area contributed by atoms with E-state index in [4.69, 9.17) is 0 Å². The fourth-order valence-corrected chi connectivity index (χ4v) is 1.56. The van der Waals surface area contributed by atoms with Crippen molar-refractivity contribution in [2.45, 2.75) is 39.7 Å². The molecule has 0 bridgehead atoms. The molecule has 1 N–H and O–H groups in total. The third-order valence-electron chi connectivity index (χ3n) is 2.89. The first kappa shape index (κ1) is 12.2. The number of benzene rings is 1. The average molecular weight is 210 g/mol. The largest absolute Gasteiger partial charge is 0.388 e. The Kier molecular flexibility index (Phi) is 4.28. The van der Waals surface area contributed by atoms with Crippen LogP contribution in [0.25, 0.3) is 0 Å². The number of aryl methyl sites for hydroxylation is 1. The fourth-order valence-electron chi connectivity index (χ4n) is 1.56. The van der Waals surface area contributed by atoms with Gasteiger partial charge in [0.05, 0.1) is 6.10 Å². The summed E-state index contributed by atoms with van der Waals surface area (Å²) in [5, 5.41) is 9.91. The zero-order chi connectivity index (χ0) is 11.4. The number of hydrogen-bond donors (Lipinski definition) is 1. The lowest BCUT2D eigenvalue weighted by Crippen LogP contribution is -2.04. The Bertz CT molecular complexity index is 322. The van der Waals surface area contributed by atoms with E-state index in [-0.39, 0.29) is 5.82 Å². The molecule has 0 spiro atoms. The molecule has 1 aromatic carbocycles. The van der Waals surface area contributed by atoms with Crippen molar-refractivity contribution in [3.05, 3.63) is 35.1 Å². The smallest absolute Gasteiger partial charge is 0.126 e. The van der Waals surface area contributed by atoms with Gasteiger partial charge in [-0.25, -0.2) is 4.39 Å². The molecule has 0 aliphatic rings. The van der Waals surface area contributed by atoms with Gasteiger partial charge < -0.3 is 5.11 Å². The van der Waals surface area contributed by atoms with Gasteiger partial charge >= 0.3 is 0 Å². The maximum absolute atomic E-state index is 13.0. The summed E-state index contributed by atoms with van der Waals surface area (Å²) in [4.78, 5) is 0. The van der Waals surface area contributed by atoms with E-state index >= 15 is 0 Å². The second-order valence-corrected chi connectivity index (χ2v) is 4.27. The summed E-state index contributed by atoms with van der Waals surface area (Å²) in [7, 11) is 0. The summed E-state index contributed by atoms with van der Waals surface area (Å²) in [5.41, 5.74) is 1.41. The van der Waals surface area contributed by atoms with Crippen molar-refractivity contribution in [2.24, 2.45) is 5.92 Å². The van der Waals surface area contributed by atoms with Gasteiger partial charge in [-0.2, -0.15) is 0 Å². The van der Waals surface area contributed by atoms with Crippen molar-refractivity contribution < 1.29 is 9.50 Å². The number of halogens is 1. The van der Waals surface area contributed by atoms with E-state index in [1.165, 1.54) is 6.07 Å². The van der Waals surface area contributed by atoms with Crippen LogP contribution in [-0.2, 0) is 0 Å². The summed E-state index contributed by atoms with van der Waals surface area (Å²) < 4.78 is 13.0. The Morgan fingerprint density at radius 2 is 2.07 bits per heavy atom. The van der Waals surface area contributed by atoms with Crippen molar-refractivity contribution in [2.75, 3.05) is 0 Å². The van der Waals surface area contributed by atoms with E-state index in [1.54, 1.807) is 19.1 Å². The number of aliphatic hydroxyl groups is 1. The molecule has 1 rings (SSSR count). The van der Waals surface area contributed by atoms with Crippen LogP contribution in [0.5, 0.6) is 0 Å². The predicted molar refractivity (Wildman–Crippen MR) is 60.2 cm³/mol. The minimum Gasteiger partial charge on any atom is -0.388 e. The highest BCUT2D eigenvalue weighted by atomic mass is 19.1. The number of hydrogen-bond acceptors (Lipinski definition) is 1. The van der Waals surface area contributed by atoms with Crippen LogP contribution >= 0.6 is 0 Å². The van der Waals surface area contributed by atoms with Gasteiger partial charge in [0, 0.05) is 0 Å². The van der Waals surface area contributed by atoms with Crippen molar-refractivity contribution in [1.82, 2.24) is 0 Å². The topological polar surface area (TPSA) is 20.2 Å². The monoisotopic (exact) mass is 210 g/mol. The lowest BCUT2D eigenvalue weighted by molar-refractivity contribution is 0.146. The second kappa shape index (κ2) is 5.26. The average Bonchev–Trinajstić information content (AvgIpc) is 2.21. The summed E-state index contributed by atoms with van der Waals surface area (Å²) in [6.07, 6.45) is 1.32. The van der Waals surface area contributed by atoms with Crippen molar-refractivity contribution in [3.63, 3.8) is 0 Å². The van der Waals surface area contributed by atoms with Crippen molar-refractivity contribution in [3.8, 4) is 0 Å². The van der Waals surface area contributed by atoms with Crippen LogP contribution in [0, 0.1) is 18.7 Å². The minimum absolute atomic E-state index is 0.213. The van der Waals surface area contributed by atoms with Gasteiger partial charge in [-0.1, -0.05) is 32.4 Å². The third kappa shape index (κ3) is 3.31. The van der Waals surface area contributed by atoms with Crippen molar-refractivity contribution in [1.29, 1.82) is 0 Å². The molecule has 84 valence electrons. The van der Waals surface area contributed by atoms with Gasteiger partial charge in [-0.05, 0) is 36.5 Å². The molecule has 0 aromatic heterocycles. The van der Waals surface area contributed by atoms with Crippen LogP contribution in [-0.4, -0.2) is 5.11 Å². The molecular weight excluding hydrogens is 191 g/mol. The van der Waals surface area contributed by atoms with Crippen LogP contribution in [0.15, 0.2) is 18.2 Å². The van der Waals surface area contributed by atoms with E-state index in [2.05, 4.69) is 13.8 Å². The zero-order valence-electron chi connectivity index (χ0n) is 9.63. The van der Waals surface area contributed by atoms with E-state index in [9.17, 15) is 9.50 Å². The Morgan fingerprint density at radius 3 is 2.60 bits per heavy atom. The standard InChI is InChI=1S/C13H19FO/c1-4-9(2)7-13(15)11-5-6-12(14)10(3)8-11/h5-6,8-9,13,15H,4,7H2,1-3H3. The van der Waals surface area contributed by atoms with Gasteiger partial charge in [-0.15, -0.1) is 0 Å². The molecule has 0 amide bonds. The lowest BCUT2D eigenvalue weighted by atomic mass is 9.95. The predicted octanol–water partition coefficient (Wildman–Crippen LogP) is 3.60. The normalized spacial score (nSPS) is 15.0. The highest BCUT2D eigenvalue weighted by Crippen LogP contribution is 2.24. The van der Waals surface area contributed by atoms with E-state index in [0.29, 0.717) is 11.5 Å². The number of rotatable bonds is 4. The van der Waals surface area contributed by atoms with Gasteiger partial charge in [0.25, 0.3) is 0 Å². The van der Waals surface area contributed by atoms with Gasteiger partial charge in [0.1, 0.15) is 5.82 Å². The second-order valence-electron chi connectivity index (χ2n) is 4.27. The highest BCUT2D eigenvalue weighted by Gasteiger charge is 2.12. The SMILES string of the molecule is CCC(C)CC(O)c1ccc(F)c(C)c1. The van der Waals surface area contributed by atoms with E-state index in [0.717, 1.165) is 18.4 Å². The summed E-state index contributed by atoms with van der Waals surface area (Å²) in [5.74, 6) is 0.278. The van der Waals surface area contributed by atoms with E-state index in [1.807, 2.05) is 0 Å². The Hall–Kier alpha value is -0.890. The third-order valence-corrected chi connectivity index (χ3v) is 2.89. The fraction of sp³-hybridized carbons (Fsp3) is 0.538. The summed E-state index contributed by atoms with van der Waals surface area (Å²) in [6, 6.07) is 4.81. The van der Waals surface area contributed by atoms with Gasteiger partial charge in [0.15, 0.2) is 0 Å². The maximum atomic E-state index is 13.0. The molecule has 15 heavy (non-hydrogen) atoms. The molecule has 0 saturated carbocycles. The molecule has 1 aromatic rings. The Balaban J connectivity index is 2.73. The molecule has 0 saturated heterocycles. The molecule has 0 aliphatic carbocycles. The minimum atomic E-state index is -0.473. The van der Waals surface area contributed by atoms with Crippen LogP contribution in [0.4, 0.5) is 4.39 Å². The van der Waals surface area contributed by atoms with Gasteiger partial charge in [0.2, 0.25) is 0 Å². The molecule has 2 heteroatoms. The Morgan fingerprint density at radius 1 is 1.40 bits per heavy atom. The molecule has 1 nitrogen and oxygen atoms in total. The summed E-state index contributed by atoms with van der Waals surface area (Å²) in [6.45, 7) is 5.93. The highest BCUT2D eigenvalue weighted by molar-refractivity contribution is 5.25. The maximum Gasteiger partial charge on any atom is 0.126 e. The van der Waals surface area contributed by atoms with Crippen LogP contribution in [0.1, 0.15) is 43.9 Å². The van der Waals surface area contributed by atoms with Crippen molar-refractivity contribution >= 4 is 0 Å². The molecular formula is C13H19FO. The number of aliphatic hydroxyl groups excluding tert-OH is 1. The van der Waals surface area contributed by atoms with Crippen LogP contribution < -0.4 is 0 Å². The van der Waals surface area contributed by atoms with E-state index < -0.39 is 6.10 Å². The molecule has 2 atom stereocenters. The molecule has 0 aliphatic heterocycles. The van der Waals surface area contributed by atoms with Gasteiger partial charge in [-0.3, -0.25) is 0 Å². The summed E-state index contributed by atoms with van der Waals surface area (Å²) >= 11 is 0. The van der Waals surface area contributed by atoms with Crippen LogP contribution in [0.3, 0.4) is 0 Å². The molecule has 0 heterocycles. The Labute approximate surface area is 90.9 Å². The first-order valence-corrected chi connectivity index (χ1v) is 5.48. The zero-order valence-corrected chi connectivity index (χ0v) is 9.63. The van der Waals surface area contributed by atoms with Crippen LogP contribution in [0.2, 0.25) is 0 Å². The quantitative estimate of drug-likeness (QED) is 0.805. The lowest BCUT2D eigenvalue weighted by Gasteiger charge is -2.15. The molecule has 2 unspecified atom stereocenters. The molecule has 0 radical (unpaired) electrons. The molecule has 0 fully saturated rings. The first-order valence-electron chi connectivity index (χ1n) is 5.48. The first-order chi connectivity index (χ1) is 7.04.